The van der Waals surface area contributed by atoms with Crippen molar-refractivity contribution in [1.82, 2.24) is 0 Å². The van der Waals surface area contributed by atoms with Crippen molar-refractivity contribution in [3.05, 3.63) is 0 Å². The van der Waals surface area contributed by atoms with Crippen LogP contribution in [0.5, 0.6) is 0 Å². The lowest BCUT2D eigenvalue weighted by atomic mass is 9.62. The molecule has 0 saturated heterocycles. The van der Waals surface area contributed by atoms with Crippen molar-refractivity contribution < 1.29 is 0 Å². The molecule has 0 aliphatic heterocycles. The highest BCUT2D eigenvalue weighted by Gasteiger charge is 2.36. The molecule has 1 saturated carbocycles. The average Bonchev–Trinajstić information content (AvgIpc) is 1.82. The van der Waals surface area contributed by atoms with E-state index in [-0.39, 0.29) is 14.9 Å². The van der Waals surface area contributed by atoms with Crippen molar-refractivity contribution in [2.75, 3.05) is 0 Å². The molecule has 0 radical (unpaired) electrons. The van der Waals surface area contributed by atoms with Gasteiger partial charge in [0, 0.05) is 0 Å². The van der Waals surface area contributed by atoms with Crippen LogP contribution in [-0.2, 0) is 0 Å². The maximum absolute atomic E-state index is 2.41. The summed E-state index contributed by atoms with van der Waals surface area (Å²) in [6.07, 6.45) is 4.22. The molecule has 0 unspecified atom stereocenters. The van der Waals surface area contributed by atoms with Crippen molar-refractivity contribution in [2.45, 2.75) is 82.6 Å². The van der Waals surface area contributed by atoms with Gasteiger partial charge in [-0.1, -0.05) is 63.3 Å². The van der Waals surface area contributed by atoms with Gasteiger partial charge in [0.05, 0.1) is 0 Å². The second-order valence-corrected chi connectivity index (χ2v) is 6.02. The summed E-state index contributed by atoms with van der Waals surface area (Å²) in [5, 5.41) is 0. The predicted molar refractivity (Wildman–Crippen MR) is 75.4 cm³/mol. The molecule has 0 heterocycles. The molecule has 0 aromatic rings. The molecular formula is C15H36. The summed E-state index contributed by atoms with van der Waals surface area (Å²) in [6, 6.07) is 0. The maximum Gasteiger partial charge on any atom is -0.0347 e. The molecule has 0 N–H and O–H groups in total. The highest BCUT2D eigenvalue weighted by Crippen LogP contribution is 2.47. The average molecular weight is 216 g/mol. The Labute approximate surface area is 99.9 Å². The summed E-state index contributed by atoms with van der Waals surface area (Å²) in [7, 11) is 0. The van der Waals surface area contributed by atoms with Gasteiger partial charge in [-0.2, -0.15) is 0 Å². The first kappa shape index (κ1) is 20.4. The van der Waals surface area contributed by atoms with E-state index in [4.69, 9.17) is 0 Å². The SMILES string of the molecule is C.C.CC.CC1CC(C)(C)CC(C)(C)C1. The lowest BCUT2D eigenvalue weighted by Gasteiger charge is -2.44. The van der Waals surface area contributed by atoms with Gasteiger partial charge in [-0.05, 0) is 36.0 Å². The van der Waals surface area contributed by atoms with Crippen LogP contribution in [0.3, 0.4) is 0 Å². The lowest BCUT2D eigenvalue weighted by Crippen LogP contribution is -2.32. The van der Waals surface area contributed by atoms with E-state index in [1.165, 1.54) is 19.3 Å². The van der Waals surface area contributed by atoms with Gasteiger partial charge in [0.15, 0.2) is 0 Å². The van der Waals surface area contributed by atoms with Crippen molar-refractivity contribution in [2.24, 2.45) is 16.7 Å². The van der Waals surface area contributed by atoms with E-state index in [0.29, 0.717) is 10.8 Å². The van der Waals surface area contributed by atoms with E-state index >= 15 is 0 Å². The predicted octanol–water partition coefficient (Wildman–Crippen LogP) is 6.16. The molecule has 1 rings (SSSR count). The topological polar surface area (TPSA) is 0 Å². The van der Waals surface area contributed by atoms with Crippen LogP contribution in [-0.4, -0.2) is 0 Å². The van der Waals surface area contributed by atoms with Crippen LogP contribution < -0.4 is 0 Å². The van der Waals surface area contributed by atoms with E-state index in [9.17, 15) is 0 Å². The Balaban J connectivity index is -0.000000339. The fourth-order valence-corrected chi connectivity index (χ4v) is 3.40. The second kappa shape index (κ2) is 7.30. The number of hydrogen-bond donors (Lipinski definition) is 0. The minimum Gasteiger partial charge on any atom is -0.0776 e. The number of rotatable bonds is 0. The van der Waals surface area contributed by atoms with Crippen molar-refractivity contribution >= 4 is 0 Å². The minimum atomic E-state index is 0. The summed E-state index contributed by atoms with van der Waals surface area (Å²) in [4.78, 5) is 0. The van der Waals surface area contributed by atoms with E-state index in [0.717, 1.165) is 5.92 Å². The van der Waals surface area contributed by atoms with Crippen molar-refractivity contribution in [1.29, 1.82) is 0 Å². The summed E-state index contributed by atoms with van der Waals surface area (Å²) in [5.41, 5.74) is 1.17. The molecule has 0 aromatic carbocycles. The third-order valence-corrected chi connectivity index (χ3v) is 2.76. The molecule has 96 valence electrons. The van der Waals surface area contributed by atoms with E-state index in [1.54, 1.807) is 0 Å². The van der Waals surface area contributed by atoms with E-state index in [2.05, 4.69) is 34.6 Å². The first-order valence-electron chi connectivity index (χ1n) is 5.81. The fraction of sp³-hybridized carbons (Fsp3) is 1.00. The molecule has 0 heteroatoms. The Hall–Kier alpha value is 0. The van der Waals surface area contributed by atoms with Crippen LogP contribution in [0.2, 0.25) is 0 Å². The van der Waals surface area contributed by atoms with Crippen LogP contribution in [0.25, 0.3) is 0 Å². The van der Waals surface area contributed by atoms with Crippen molar-refractivity contribution in [3.63, 3.8) is 0 Å². The Bertz CT molecular complexity index is 126. The van der Waals surface area contributed by atoms with E-state index < -0.39 is 0 Å². The highest BCUT2D eigenvalue weighted by atomic mass is 14.4. The zero-order chi connectivity index (χ0) is 10.7. The summed E-state index contributed by atoms with van der Waals surface area (Å²) < 4.78 is 0. The zero-order valence-electron chi connectivity index (χ0n) is 10.7. The van der Waals surface area contributed by atoms with Crippen LogP contribution in [0.4, 0.5) is 0 Å². The molecule has 1 aliphatic rings. The van der Waals surface area contributed by atoms with E-state index in [1.807, 2.05) is 13.8 Å². The Morgan fingerprint density at radius 3 is 1.27 bits per heavy atom. The third kappa shape index (κ3) is 7.88. The van der Waals surface area contributed by atoms with Gasteiger partial charge in [-0.3, -0.25) is 0 Å². The monoisotopic (exact) mass is 216 g/mol. The van der Waals surface area contributed by atoms with Crippen LogP contribution in [0.1, 0.15) is 82.6 Å². The molecular weight excluding hydrogens is 180 g/mol. The lowest BCUT2D eigenvalue weighted by molar-refractivity contribution is 0.0754. The Morgan fingerprint density at radius 1 is 0.800 bits per heavy atom. The van der Waals surface area contributed by atoms with Crippen LogP contribution in [0.15, 0.2) is 0 Å². The Morgan fingerprint density at radius 2 is 1.07 bits per heavy atom. The van der Waals surface area contributed by atoms with Gasteiger partial charge in [-0.15, -0.1) is 0 Å². The van der Waals surface area contributed by atoms with Gasteiger partial charge < -0.3 is 0 Å². The zero-order valence-corrected chi connectivity index (χ0v) is 10.7. The molecule has 15 heavy (non-hydrogen) atoms. The van der Waals surface area contributed by atoms with Crippen LogP contribution in [0, 0.1) is 16.7 Å². The van der Waals surface area contributed by atoms with Crippen molar-refractivity contribution in [3.8, 4) is 0 Å². The standard InChI is InChI=1S/C11H22.C2H6.2CH4/c1-9-6-10(2,3)8-11(4,5)7-9;1-2;;/h9H,6-8H2,1-5H3;1-2H3;2*1H4. The molecule has 0 atom stereocenters. The normalized spacial score (nSPS) is 22.6. The fourth-order valence-electron chi connectivity index (χ4n) is 3.40. The molecule has 0 nitrogen and oxygen atoms in total. The molecule has 1 aliphatic carbocycles. The second-order valence-electron chi connectivity index (χ2n) is 6.02. The molecule has 1 fully saturated rings. The maximum atomic E-state index is 2.41. The molecule has 0 spiro atoms. The smallest absolute Gasteiger partial charge is 0.0347 e. The van der Waals surface area contributed by atoms with Gasteiger partial charge >= 0.3 is 0 Å². The summed E-state index contributed by atoms with van der Waals surface area (Å²) in [5.74, 6) is 0.925. The number of hydrogen-bond acceptors (Lipinski definition) is 0. The minimum absolute atomic E-state index is 0. The first-order valence-corrected chi connectivity index (χ1v) is 5.81. The highest BCUT2D eigenvalue weighted by molar-refractivity contribution is 4.87. The molecule has 0 amide bonds. The van der Waals surface area contributed by atoms with Gasteiger partial charge in [0.2, 0.25) is 0 Å². The third-order valence-electron chi connectivity index (χ3n) is 2.76. The molecule has 0 aromatic heterocycles. The first-order chi connectivity index (χ1) is 5.81. The van der Waals surface area contributed by atoms with Gasteiger partial charge in [-0.25, -0.2) is 0 Å². The van der Waals surface area contributed by atoms with Gasteiger partial charge in [0.1, 0.15) is 0 Å². The Kier molecular flexibility index (Phi) is 9.94. The summed E-state index contributed by atoms with van der Waals surface area (Å²) in [6.45, 7) is 16.0. The van der Waals surface area contributed by atoms with Gasteiger partial charge in [0.25, 0.3) is 0 Å². The van der Waals surface area contributed by atoms with Crippen LogP contribution >= 0.6 is 0 Å². The quantitative estimate of drug-likeness (QED) is 0.455. The summed E-state index contributed by atoms with van der Waals surface area (Å²) >= 11 is 0. The molecule has 0 bridgehead atoms. The largest absolute Gasteiger partial charge is 0.0776 e.